The number of para-hydroxylation sites is 3. The number of hydrazine groups is 2. The van der Waals surface area contributed by atoms with Gasteiger partial charge in [-0.1, -0.05) is 54.7 Å². The highest BCUT2D eigenvalue weighted by Crippen LogP contribution is 2.27. The second kappa shape index (κ2) is 23.5. The molecule has 1 saturated heterocycles. The summed E-state index contributed by atoms with van der Waals surface area (Å²) in [6.45, 7) is 0. The van der Waals surface area contributed by atoms with Crippen molar-refractivity contribution < 1.29 is 67.1 Å². The number of phenols is 2. The predicted octanol–water partition coefficient (Wildman–Crippen LogP) is 5.75. The number of carbonyl (C=O) groups excluding carboxylic acids is 3. The van der Waals surface area contributed by atoms with Gasteiger partial charge in [-0.25, -0.2) is 17.9 Å². The molecular weight excluding hydrogens is 879 g/mol. The Labute approximate surface area is 361 Å². The first-order chi connectivity index (χ1) is 30.4. The summed E-state index contributed by atoms with van der Waals surface area (Å²) in [5.41, 5.74) is 8.15. The maximum Gasteiger partial charge on any atom is 0.296 e. The molecule has 4 heterocycles. The molecule has 0 bridgehead atoms. The Bertz CT molecular complexity index is 2670. The number of hydrogen-bond acceptors (Lipinski definition) is 15. The van der Waals surface area contributed by atoms with Gasteiger partial charge in [-0.15, -0.1) is 15.8 Å². The number of amides is 3. The lowest BCUT2D eigenvalue weighted by molar-refractivity contribution is -0.384. The summed E-state index contributed by atoms with van der Waals surface area (Å²) in [6, 6.07) is 30.1. The lowest BCUT2D eigenvalue weighted by atomic mass is 10.1. The van der Waals surface area contributed by atoms with Crippen molar-refractivity contribution in [3.8, 4) is 17.2 Å². The summed E-state index contributed by atoms with van der Waals surface area (Å²) in [7, 11) is 0. The fourth-order valence-electron chi connectivity index (χ4n) is 4.75. The molecule has 0 spiro atoms. The van der Waals surface area contributed by atoms with Crippen molar-refractivity contribution in [2.75, 3.05) is 5.43 Å². The lowest BCUT2D eigenvalue weighted by Gasteiger charge is -2.24. The molecule has 1 fully saturated rings. The molecule has 21 nitrogen and oxygen atoms in total. The number of H-pyrrole nitrogens is 1. The van der Waals surface area contributed by atoms with E-state index in [9.17, 15) is 51.2 Å². The molecule has 2 aromatic heterocycles. The van der Waals surface area contributed by atoms with Gasteiger partial charge in [0.2, 0.25) is 29.1 Å². The molecule has 342 valence electrons. The SMILES string of the molecule is C.O=C1CCC(=O)N1O.O=C1c2ccccc2NNN1O.O=[N+]([O-])c1ccc(O)cc1.O=c1cc[nH]n1-c1ccccc1.Oc1c(F)c(F)c(F)c(F)c1F.On1nnc2ccccc21. The molecule has 0 radical (unpaired) electrons. The summed E-state index contributed by atoms with van der Waals surface area (Å²) in [5, 5.41) is 63.8. The monoisotopic (exact) mass is 914 g/mol. The predicted molar refractivity (Wildman–Crippen MR) is 215 cm³/mol. The molecular formula is C39H35F5N10O11. The molecule has 2 aliphatic heterocycles. The lowest BCUT2D eigenvalue weighted by Crippen LogP contribution is -2.47. The maximum atomic E-state index is 12.2. The number of phenolic OH excluding ortho intramolecular Hbond substituents is 2. The molecule has 5 aromatic carbocycles. The molecule has 0 aliphatic carbocycles. The number of anilines is 1. The fourth-order valence-corrected chi connectivity index (χ4v) is 4.75. The number of nitrogens with zero attached hydrogens (tertiary/aromatic N) is 7. The third-order valence-corrected chi connectivity index (χ3v) is 7.92. The van der Waals surface area contributed by atoms with Gasteiger partial charge < -0.3 is 20.8 Å². The zero-order chi connectivity index (χ0) is 47.1. The number of halogens is 5. The van der Waals surface area contributed by atoms with Crippen LogP contribution in [0, 0.1) is 39.2 Å². The number of aromatic nitrogens is 5. The van der Waals surface area contributed by atoms with E-state index in [1.54, 1.807) is 42.6 Å². The Morgan fingerprint density at radius 1 is 0.677 bits per heavy atom. The number of imide groups is 1. The van der Waals surface area contributed by atoms with Gasteiger partial charge in [0.15, 0.2) is 5.75 Å². The van der Waals surface area contributed by atoms with Crippen LogP contribution < -0.4 is 16.5 Å². The van der Waals surface area contributed by atoms with E-state index < -0.39 is 57.5 Å². The number of aromatic amines is 1. The third kappa shape index (κ3) is 13.4. The van der Waals surface area contributed by atoms with E-state index in [1.807, 2.05) is 42.5 Å². The van der Waals surface area contributed by atoms with Gasteiger partial charge in [0, 0.05) is 37.2 Å². The zero-order valence-electron chi connectivity index (χ0n) is 32.1. The first-order valence-corrected chi connectivity index (χ1v) is 17.6. The van der Waals surface area contributed by atoms with Crippen molar-refractivity contribution in [3.05, 3.63) is 171 Å². The highest BCUT2D eigenvalue weighted by molar-refractivity contribution is 6.00. The number of fused-ring (bicyclic) bond motifs is 2. The molecule has 3 amide bonds. The Morgan fingerprint density at radius 2 is 1.22 bits per heavy atom. The second-order valence-electron chi connectivity index (χ2n) is 12.1. The number of aromatic hydroxyl groups is 2. The van der Waals surface area contributed by atoms with Gasteiger partial charge in [0.25, 0.3) is 29.0 Å². The standard InChI is InChI=1S/C9H8N2O.C7H7N3O2.C6HF5O.C6H5N3O.C6H5NO3.C4H5NO3.CH4/c12-9-6-7-10-11(9)8-4-2-1-3-5-8;11-7-5-3-1-2-4-6(5)8-9-10(7)12;7-1-2(8)4(10)6(12)5(11)3(1)9;10-9-6-4-2-1-3-5(6)7-8-9;8-6-3-1-5(2-4-6)7(9)10;6-3-1-2-4(7)5(3)8;/h1-7,10H;1-4,8-9,12H;12H;1-4,10H;1-4,8H;8H,1-2H2;1H4. The van der Waals surface area contributed by atoms with E-state index >= 15 is 0 Å². The van der Waals surface area contributed by atoms with E-state index in [1.165, 1.54) is 35.0 Å². The number of carbonyl (C=O) groups is 3. The van der Waals surface area contributed by atoms with Gasteiger partial charge in [-0.05, 0) is 53.7 Å². The minimum atomic E-state index is -2.29. The Morgan fingerprint density at radius 3 is 1.74 bits per heavy atom. The molecule has 8 N–H and O–H groups in total. The highest BCUT2D eigenvalue weighted by Gasteiger charge is 2.27. The quantitative estimate of drug-likeness (QED) is 0.0150. The minimum Gasteiger partial charge on any atom is -0.508 e. The van der Waals surface area contributed by atoms with E-state index in [0.717, 1.165) is 10.5 Å². The molecule has 9 rings (SSSR count). The average molecular weight is 915 g/mol. The third-order valence-electron chi connectivity index (χ3n) is 7.92. The average Bonchev–Trinajstić information content (AvgIpc) is 4.01. The van der Waals surface area contributed by atoms with Crippen molar-refractivity contribution in [1.82, 2.24) is 40.7 Å². The molecule has 0 unspecified atom stereocenters. The van der Waals surface area contributed by atoms with E-state index in [2.05, 4.69) is 26.4 Å². The maximum absolute atomic E-state index is 12.2. The van der Waals surface area contributed by atoms with E-state index in [4.69, 9.17) is 25.8 Å². The van der Waals surface area contributed by atoms with Gasteiger partial charge in [0.1, 0.15) is 16.8 Å². The molecule has 65 heavy (non-hydrogen) atoms. The van der Waals surface area contributed by atoms with Gasteiger partial charge in [0.05, 0.1) is 21.9 Å². The number of nitro groups is 1. The molecule has 0 saturated carbocycles. The van der Waals surface area contributed by atoms with Crippen LogP contribution in [-0.4, -0.2) is 83.7 Å². The topological polar surface area (TPSA) is 295 Å². The summed E-state index contributed by atoms with van der Waals surface area (Å²) >= 11 is 0. The number of non-ortho nitro benzene ring substituents is 1. The van der Waals surface area contributed by atoms with Crippen LogP contribution in [0.1, 0.15) is 30.6 Å². The van der Waals surface area contributed by atoms with Crippen molar-refractivity contribution in [2.45, 2.75) is 20.3 Å². The van der Waals surface area contributed by atoms with Crippen molar-refractivity contribution in [3.63, 3.8) is 0 Å². The summed E-state index contributed by atoms with van der Waals surface area (Å²) < 4.78 is 62.1. The van der Waals surface area contributed by atoms with Gasteiger partial charge in [-0.2, -0.15) is 13.8 Å². The van der Waals surface area contributed by atoms with Crippen LogP contribution in [0.4, 0.5) is 33.3 Å². The van der Waals surface area contributed by atoms with Crippen LogP contribution in [0.2, 0.25) is 0 Å². The summed E-state index contributed by atoms with van der Waals surface area (Å²) in [5.74, 6) is -14.4. The Hall–Kier alpha value is -8.75. The first kappa shape index (κ1) is 50.6. The van der Waals surface area contributed by atoms with Crippen LogP contribution in [0.5, 0.6) is 11.5 Å². The Balaban J connectivity index is 0.000000208. The number of nitrogens with one attached hydrogen (secondary N) is 3. The molecule has 7 aromatic rings. The van der Waals surface area contributed by atoms with Crippen molar-refractivity contribution >= 4 is 40.1 Å². The zero-order valence-corrected chi connectivity index (χ0v) is 32.1. The molecule has 0 atom stereocenters. The smallest absolute Gasteiger partial charge is 0.296 e. The molecule has 26 heteroatoms. The number of hydroxylamine groups is 3. The van der Waals surface area contributed by atoms with Gasteiger partial charge >= 0.3 is 0 Å². The summed E-state index contributed by atoms with van der Waals surface area (Å²) in [4.78, 5) is 53.1. The highest BCUT2D eigenvalue weighted by atomic mass is 19.2. The molecule has 2 aliphatic rings. The van der Waals surface area contributed by atoms with Crippen LogP contribution in [0.15, 0.2) is 120 Å². The van der Waals surface area contributed by atoms with Crippen LogP contribution in [0.25, 0.3) is 16.7 Å². The number of nitro benzene ring substituents is 1. The summed E-state index contributed by atoms with van der Waals surface area (Å²) in [6.07, 6.45) is 1.92. The first-order valence-electron chi connectivity index (χ1n) is 17.6. The van der Waals surface area contributed by atoms with E-state index in [-0.39, 0.29) is 42.3 Å². The number of hydrogen-bond donors (Lipinski definition) is 8. The van der Waals surface area contributed by atoms with Gasteiger partial charge in [-0.3, -0.25) is 44.8 Å². The number of benzene rings is 5. The largest absolute Gasteiger partial charge is 0.508 e. The number of rotatable bonds is 2. The minimum absolute atomic E-state index is 0. The van der Waals surface area contributed by atoms with Crippen LogP contribution >= 0.6 is 0 Å². The van der Waals surface area contributed by atoms with Crippen LogP contribution in [-0.2, 0) is 9.59 Å². The van der Waals surface area contributed by atoms with Crippen molar-refractivity contribution in [1.29, 1.82) is 0 Å². The fraction of sp³-hybridized carbons (Fsp3) is 0.0769. The normalized spacial score (nSPS) is 12.1. The second-order valence-corrected chi connectivity index (χ2v) is 12.1. The van der Waals surface area contributed by atoms with Crippen molar-refractivity contribution in [2.24, 2.45) is 0 Å². The Kier molecular flexibility index (Phi) is 18.3. The van der Waals surface area contributed by atoms with E-state index in [0.29, 0.717) is 27.5 Å². The van der Waals surface area contributed by atoms with Crippen LogP contribution in [0.3, 0.4) is 0 Å².